The van der Waals surface area contributed by atoms with Gasteiger partial charge in [-0.2, -0.15) is 0 Å². The largest absolute Gasteiger partial charge is 0.381 e. The van der Waals surface area contributed by atoms with Crippen LogP contribution in [0.4, 0.5) is 5.69 Å². The molecule has 3 heterocycles. The predicted octanol–water partition coefficient (Wildman–Crippen LogP) is 5.15. The van der Waals surface area contributed by atoms with Gasteiger partial charge in [-0.05, 0) is 44.7 Å². The quantitative estimate of drug-likeness (QED) is 0.442. The van der Waals surface area contributed by atoms with Crippen LogP contribution < -0.4 is 0 Å². The summed E-state index contributed by atoms with van der Waals surface area (Å²) in [6.07, 6.45) is 6.87. The maximum Gasteiger partial charge on any atom is 0.188 e. The molecule has 0 saturated heterocycles. The van der Waals surface area contributed by atoms with Crippen LogP contribution in [0.2, 0.25) is 0 Å². The van der Waals surface area contributed by atoms with Gasteiger partial charge in [-0.3, -0.25) is 4.98 Å². The molecule has 0 bridgehead atoms. The minimum absolute atomic E-state index is 0.324. The van der Waals surface area contributed by atoms with E-state index >= 15 is 0 Å². The molecule has 1 aliphatic rings. The Hall–Kier alpha value is -3.24. The van der Waals surface area contributed by atoms with Crippen molar-refractivity contribution in [2.75, 3.05) is 7.11 Å². The first kappa shape index (κ1) is 18.8. The summed E-state index contributed by atoms with van der Waals surface area (Å²) in [7, 11) is 1.79. The number of hydrogen-bond acceptors (Lipinski definition) is 5. The molecule has 0 unspecified atom stereocenters. The second kappa shape index (κ2) is 7.54. The third kappa shape index (κ3) is 3.23. The Morgan fingerprint density at radius 1 is 1.20 bits per heavy atom. The first-order chi connectivity index (χ1) is 14.7. The van der Waals surface area contributed by atoms with Crippen molar-refractivity contribution in [2.45, 2.75) is 51.2 Å². The average Bonchev–Trinajstić information content (AvgIpc) is 3.36. The first-order valence-corrected chi connectivity index (χ1v) is 10.3. The number of ether oxygens (including phenoxy) is 1. The third-order valence-corrected chi connectivity index (χ3v) is 6.06. The minimum Gasteiger partial charge on any atom is -0.381 e. The van der Waals surface area contributed by atoms with E-state index in [1.165, 1.54) is 0 Å². The van der Waals surface area contributed by atoms with E-state index in [1.807, 2.05) is 37.4 Å². The molecule has 1 saturated carbocycles. The lowest BCUT2D eigenvalue weighted by atomic mass is 9.92. The molecule has 30 heavy (non-hydrogen) atoms. The molecule has 0 aliphatic heterocycles. The molecule has 0 spiro atoms. The molecule has 0 N–H and O–H groups in total. The number of pyridine rings is 1. The maximum atomic E-state index is 7.43. The fourth-order valence-electron chi connectivity index (χ4n) is 4.60. The second-order valence-electron chi connectivity index (χ2n) is 7.98. The lowest BCUT2D eigenvalue weighted by Crippen LogP contribution is -2.24. The van der Waals surface area contributed by atoms with Crippen LogP contribution in [0.3, 0.4) is 0 Å². The van der Waals surface area contributed by atoms with Crippen molar-refractivity contribution in [2.24, 2.45) is 0 Å². The van der Waals surface area contributed by atoms with Crippen LogP contribution in [0.5, 0.6) is 0 Å². The highest BCUT2D eigenvalue weighted by Gasteiger charge is 2.27. The Morgan fingerprint density at radius 2 is 2.03 bits per heavy atom. The minimum atomic E-state index is 0.324. The number of nitrogens with zero attached hydrogens (tertiary/aromatic N) is 5. The summed E-state index contributed by atoms with van der Waals surface area (Å²) in [5, 5.41) is 5.16. The highest BCUT2D eigenvalue weighted by molar-refractivity contribution is 6.03. The lowest BCUT2D eigenvalue weighted by molar-refractivity contribution is 0.0586. The van der Waals surface area contributed by atoms with E-state index < -0.39 is 0 Å². The Bertz CT molecular complexity index is 1260. The number of aromatic nitrogens is 4. The van der Waals surface area contributed by atoms with Crippen LogP contribution in [0, 0.1) is 13.5 Å². The van der Waals surface area contributed by atoms with Crippen molar-refractivity contribution in [1.82, 2.24) is 19.7 Å². The summed E-state index contributed by atoms with van der Waals surface area (Å²) in [4.78, 5) is 13.2. The molecule has 0 atom stereocenters. The van der Waals surface area contributed by atoms with Gasteiger partial charge in [0.2, 0.25) is 0 Å². The van der Waals surface area contributed by atoms with E-state index in [-0.39, 0.29) is 0 Å². The van der Waals surface area contributed by atoms with E-state index in [9.17, 15) is 0 Å². The molecule has 7 heteroatoms. The Kier molecular flexibility index (Phi) is 4.72. The SMILES string of the molecule is [C-]#[N+]c1ccc2ncc3nc(Cc4cc(C)on4)n(C4CCC(OC)CC4)c3c2c1. The van der Waals surface area contributed by atoms with Gasteiger partial charge in [0.25, 0.3) is 0 Å². The smallest absolute Gasteiger partial charge is 0.188 e. The number of hydrogen-bond donors (Lipinski definition) is 0. The average molecular weight is 401 g/mol. The van der Waals surface area contributed by atoms with Gasteiger partial charge in [-0.15, -0.1) is 0 Å². The van der Waals surface area contributed by atoms with Crippen LogP contribution in [0.1, 0.15) is 49.0 Å². The number of methoxy groups -OCH3 is 1. The second-order valence-corrected chi connectivity index (χ2v) is 7.98. The molecule has 1 fully saturated rings. The fourth-order valence-corrected chi connectivity index (χ4v) is 4.60. The topological polar surface area (TPSA) is 70.3 Å². The normalized spacial score (nSPS) is 19.4. The number of rotatable bonds is 4. The molecule has 7 nitrogen and oxygen atoms in total. The number of benzene rings is 1. The highest BCUT2D eigenvalue weighted by Crippen LogP contribution is 2.37. The van der Waals surface area contributed by atoms with E-state index in [1.54, 1.807) is 7.11 Å². The van der Waals surface area contributed by atoms with Crippen LogP contribution in [0.25, 0.3) is 26.8 Å². The van der Waals surface area contributed by atoms with Crippen molar-refractivity contribution in [3.63, 3.8) is 0 Å². The van der Waals surface area contributed by atoms with Gasteiger partial charge in [-0.1, -0.05) is 11.2 Å². The van der Waals surface area contributed by atoms with Crippen LogP contribution in [-0.2, 0) is 11.2 Å². The van der Waals surface area contributed by atoms with Gasteiger partial charge >= 0.3 is 0 Å². The van der Waals surface area contributed by atoms with Gasteiger partial charge in [0, 0.05) is 24.6 Å². The molecule has 4 aromatic rings. The fraction of sp³-hybridized carbons (Fsp3) is 0.391. The molecule has 0 amide bonds. The highest BCUT2D eigenvalue weighted by atomic mass is 16.5. The van der Waals surface area contributed by atoms with E-state index in [0.29, 0.717) is 24.3 Å². The molecule has 5 rings (SSSR count). The number of imidazole rings is 1. The Labute approximate surface area is 174 Å². The van der Waals surface area contributed by atoms with Crippen molar-refractivity contribution in [3.05, 3.63) is 59.2 Å². The van der Waals surface area contributed by atoms with Crippen molar-refractivity contribution >= 4 is 27.6 Å². The summed E-state index contributed by atoms with van der Waals surface area (Å²) < 4.78 is 13.2. The zero-order valence-electron chi connectivity index (χ0n) is 17.1. The standard InChI is InChI=1S/C23H23N5O2/c1-14-10-16(27-30-14)12-22-26-21-13-25-20-9-4-15(24-2)11-19(20)23(21)28(22)17-5-7-18(29-3)8-6-17/h4,9-11,13,17-18H,5-8,12H2,1,3H3. The molecule has 1 aromatic carbocycles. The van der Waals surface area contributed by atoms with Gasteiger partial charge in [-0.25, -0.2) is 9.83 Å². The molecule has 0 radical (unpaired) electrons. The van der Waals surface area contributed by atoms with Crippen molar-refractivity contribution in [3.8, 4) is 0 Å². The molecule has 1 aliphatic carbocycles. The van der Waals surface area contributed by atoms with E-state index in [4.69, 9.17) is 20.8 Å². The summed E-state index contributed by atoms with van der Waals surface area (Å²) in [6.45, 7) is 9.32. The summed E-state index contributed by atoms with van der Waals surface area (Å²) in [6, 6.07) is 7.95. The van der Waals surface area contributed by atoms with Gasteiger partial charge in [0.05, 0.1) is 42.0 Å². The summed E-state index contributed by atoms with van der Waals surface area (Å²) >= 11 is 0. The molecule has 152 valence electrons. The van der Waals surface area contributed by atoms with Gasteiger partial charge in [0.1, 0.15) is 17.1 Å². The summed E-state index contributed by atoms with van der Waals surface area (Å²) in [5.41, 5.74) is 4.27. The van der Waals surface area contributed by atoms with Crippen LogP contribution >= 0.6 is 0 Å². The Morgan fingerprint density at radius 3 is 2.73 bits per heavy atom. The monoisotopic (exact) mass is 401 g/mol. The first-order valence-electron chi connectivity index (χ1n) is 10.3. The molecule has 3 aromatic heterocycles. The Balaban J connectivity index is 1.70. The van der Waals surface area contributed by atoms with Crippen molar-refractivity contribution < 1.29 is 9.26 Å². The number of aryl methyl sites for hydroxylation is 1. The third-order valence-electron chi connectivity index (χ3n) is 6.06. The zero-order valence-corrected chi connectivity index (χ0v) is 17.1. The summed E-state index contributed by atoms with van der Waals surface area (Å²) in [5.74, 6) is 1.75. The van der Waals surface area contributed by atoms with Gasteiger partial charge < -0.3 is 13.8 Å². The van der Waals surface area contributed by atoms with Gasteiger partial charge in [0.15, 0.2) is 5.69 Å². The van der Waals surface area contributed by atoms with Crippen LogP contribution in [0.15, 0.2) is 35.0 Å². The zero-order chi connectivity index (χ0) is 20.7. The lowest BCUT2D eigenvalue weighted by Gasteiger charge is -2.30. The molecular weight excluding hydrogens is 378 g/mol. The van der Waals surface area contributed by atoms with E-state index in [2.05, 4.69) is 19.6 Å². The molecular formula is C23H23N5O2. The predicted molar refractivity (Wildman–Crippen MR) is 114 cm³/mol. The maximum absolute atomic E-state index is 7.43. The van der Waals surface area contributed by atoms with Crippen molar-refractivity contribution in [1.29, 1.82) is 0 Å². The van der Waals surface area contributed by atoms with Crippen LogP contribution in [-0.4, -0.2) is 32.9 Å². The van der Waals surface area contributed by atoms with E-state index in [0.717, 1.165) is 64.9 Å². The number of fused-ring (bicyclic) bond motifs is 3.